The lowest BCUT2D eigenvalue weighted by Gasteiger charge is -2.10. The molecule has 0 spiro atoms. The number of rotatable bonds is 6. The van der Waals surface area contributed by atoms with Crippen molar-refractivity contribution in [3.05, 3.63) is 29.8 Å². The van der Waals surface area contributed by atoms with Crippen LogP contribution in [0.4, 0.5) is 5.69 Å². The van der Waals surface area contributed by atoms with E-state index in [-0.39, 0.29) is 11.2 Å². The summed E-state index contributed by atoms with van der Waals surface area (Å²) in [4.78, 5) is 11.8. The maximum atomic E-state index is 11.8. The van der Waals surface area contributed by atoms with Crippen molar-refractivity contribution in [1.82, 2.24) is 5.32 Å². The van der Waals surface area contributed by atoms with Crippen molar-refractivity contribution in [2.45, 2.75) is 19.1 Å². The first kappa shape index (κ1) is 14.7. The van der Waals surface area contributed by atoms with Crippen molar-refractivity contribution >= 4 is 22.4 Å². The van der Waals surface area contributed by atoms with Gasteiger partial charge < -0.3 is 10.6 Å². The molecule has 4 nitrogen and oxygen atoms in total. The summed E-state index contributed by atoms with van der Waals surface area (Å²) in [6.07, 6.45) is 1.64. The molecule has 2 N–H and O–H groups in total. The SMILES string of the molecule is CCNc1ccc(C(=O)NCC(C)S(C)=O)cc1. The van der Waals surface area contributed by atoms with Crippen molar-refractivity contribution in [2.75, 3.05) is 24.7 Å². The Balaban J connectivity index is 2.54. The molecule has 0 aromatic heterocycles. The van der Waals surface area contributed by atoms with Crippen LogP contribution in [0.15, 0.2) is 24.3 Å². The van der Waals surface area contributed by atoms with E-state index in [0.717, 1.165) is 12.2 Å². The van der Waals surface area contributed by atoms with Crippen molar-refractivity contribution in [2.24, 2.45) is 0 Å². The Labute approximate surface area is 111 Å². The van der Waals surface area contributed by atoms with Crippen LogP contribution in [-0.2, 0) is 10.8 Å². The standard InChI is InChI=1S/C13H20N2O2S/c1-4-14-12-7-5-11(6-8-12)13(16)15-9-10(2)18(3)17/h5-8,10,14H,4,9H2,1-3H3,(H,15,16). The maximum absolute atomic E-state index is 11.8. The summed E-state index contributed by atoms with van der Waals surface area (Å²) in [6.45, 7) is 5.15. The topological polar surface area (TPSA) is 58.2 Å². The Hall–Kier alpha value is -1.36. The maximum Gasteiger partial charge on any atom is 0.251 e. The molecular formula is C13H20N2O2S. The summed E-state index contributed by atoms with van der Waals surface area (Å²) in [6, 6.07) is 7.31. The third-order valence-electron chi connectivity index (χ3n) is 2.64. The molecule has 100 valence electrons. The van der Waals surface area contributed by atoms with Gasteiger partial charge in [-0.05, 0) is 38.1 Å². The summed E-state index contributed by atoms with van der Waals surface area (Å²) >= 11 is 0. The lowest BCUT2D eigenvalue weighted by atomic mass is 10.2. The summed E-state index contributed by atoms with van der Waals surface area (Å²) in [7, 11) is -0.914. The molecule has 2 unspecified atom stereocenters. The largest absolute Gasteiger partial charge is 0.385 e. The Morgan fingerprint density at radius 1 is 1.33 bits per heavy atom. The van der Waals surface area contributed by atoms with E-state index in [4.69, 9.17) is 0 Å². The smallest absolute Gasteiger partial charge is 0.251 e. The Morgan fingerprint density at radius 3 is 2.44 bits per heavy atom. The predicted molar refractivity (Wildman–Crippen MR) is 76.5 cm³/mol. The molecule has 1 aromatic carbocycles. The highest BCUT2D eigenvalue weighted by Gasteiger charge is 2.09. The first-order chi connectivity index (χ1) is 8.54. The lowest BCUT2D eigenvalue weighted by molar-refractivity contribution is 0.0954. The van der Waals surface area contributed by atoms with Crippen LogP contribution in [-0.4, -0.2) is 34.7 Å². The molecule has 1 aromatic rings. The number of carbonyl (C=O) groups is 1. The molecule has 0 aliphatic heterocycles. The molecule has 0 fully saturated rings. The molecule has 0 radical (unpaired) electrons. The van der Waals surface area contributed by atoms with Gasteiger partial charge >= 0.3 is 0 Å². The molecule has 0 aliphatic carbocycles. The molecule has 1 amide bonds. The molecule has 1 rings (SSSR count). The molecule has 2 atom stereocenters. The molecule has 0 saturated heterocycles. The zero-order valence-corrected chi connectivity index (χ0v) is 11.8. The average molecular weight is 268 g/mol. The number of carbonyl (C=O) groups excluding carboxylic acids is 1. The van der Waals surface area contributed by atoms with Crippen LogP contribution in [0.2, 0.25) is 0 Å². The predicted octanol–water partition coefficient (Wildman–Crippen LogP) is 1.62. The molecule has 0 saturated carbocycles. The highest BCUT2D eigenvalue weighted by atomic mass is 32.2. The van der Waals surface area contributed by atoms with Gasteiger partial charge in [0.25, 0.3) is 5.91 Å². The number of nitrogens with one attached hydrogen (secondary N) is 2. The number of hydrogen-bond donors (Lipinski definition) is 2. The van der Waals surface area contributed by atoms with Gasteiger partial charge in [-0.1, -0.05) is 0 Å². The van der Waals surface area contributed by atoms with Crippen LogP contribution < -0.4 is 10.6 Å². The summed E-state index contributed by atoms with van der Waals surface area (Å²) in [5.74, 6) is -0.129. The van der Waals surface area contributed by atoms with E-state index in [9.17, 15) is 9.00 Å². The van der Waals surface area contributed by atoms with Gasteiger partial charge in [-0.15, -0.1) is 0 Å². The third kappa shape index (κ3) is 4.49. The van der Waals surface area contributed by atoms with Crippen LogP contribution in [0.3, 0.4) is 0 Å². The van der Waals surface area contributed by atoms with Crippen LogP contribution >= 0.6 is 0 Å². The van der Waals surface area contributed by atoms with Gasteiger partial charge in [0.2, 0.25) is 0 Å². The first-order valence-corrected chi connectivity index (χ1v) is 7.61. The molecular weight excluding hydrogens is 248 g/mol. The van der Waals surface area contributed by atoms with Crippen molar-refractivity contribution in [3.8, 4) is 0 Å². The summed E-state index contributed by atoms with van der Waals surface area (Å²) < 4.78 is 11.2. The van der Waals surface area contributed by atoms with E-state index >= 15 is 0 Å². The Bertz CT molecular complexity index is 418. The monoisotopic (exact) mass is 268 g/mol. The number of amides is 1. The molecule has 18 heavy (non-hydrogen) atoms. The van der Waals surface area contributed by atoms with Crippen LogP contribution in [0.5, 0.6) is 0 Å². The van der Waals surface area contributed by atoms with E-state index in [2.05, 4.69) is 10.6 Å². The minimum absolute atomic E-state index is 0.0324. The van der Waals surface area contributed by atoms with Crippen molar-refractivity contribution < 1.29 is 9.00 Å². The molecule has 0 bridgehead atoms. The van der Waals surface area contributed by atoms with Gasteiger partial charge in [0.15, 0.2) is 0 Å². The fourth-order valence-electron chi connectivity index (χ4n) is 1.40. The summed E-state index contributed by atoms with van der Waals surface area (Å²) in [5, 5.41) is 5.91. The van der Waals surface area contributed by atoms with Gasteiger partial charge in [0, 0.05) is 46.6 Å². The lowest BCUT2D eigenvalue weighted by Crippen LogP contribution is -2.32. The third-order valence-corrected chi connectivity index (χ3v) is 3.94. The van der Waals surface area contributed by atoms with Crippen molar-refractivity contribution in [3.63, 3.8) is 0 Å². The van der Waals surface area contributed by atoms with Gasteiger partial charge in [0.05, 0.1) is 0 Å². The van der Waals surface area contributed by atoms with Crippen molar-refractivity contribution in [1.29, 1.82) is 0 Å². The Morgan fingerprint density at radius 2 is 1.94 bits per heavy atom. The van der Waals surface area contributed by atoms with Crippen LogP contribution in [0.1, 0.15) is 24.2 Å². The zero-order chi connectivity index (χ0) is 13.5. The quantitative estimate of drug-likeness (QED) is 0.824. The average Bonchev–Trinajstić information content (AvgIpc) is 2.36. The van der Waals surface area contributed by atoms with Gasteiger partial charge in [-0.2, -0.15) is 0 Å². The zero-order valence-electron chi connectivity index (χ0n) is 11.0. The van der Waals surface area contributed by atoms with Crippen LogP contribution in [0, 0.1) is 0 Å². The second kappa shape index (κ2) is 7.16. The van der Waals surface area contributed by atoms with E-state index in [0.29, 0.717) is 12.1 Å². The van der Waals surface area contributed by atoms with E-state index in [1.165, 1.54) is 0 Å². The molecule has 0 aliphatic rings. The molecule has 0 heterocycles. The minimum Gasteiger partial charge on any atom is -0.385 e. The number of hydrogen-bond acceptors (Lipinski definition) is 3. The minimum atomic E-state index is -0.914. The first-order valence-electron chi connectivity index (χ1n) is 5.99. The fourth-order valence-corrected chi connectivity index (χ4v) is 1.72. The van der Waals surface area contributed by atoms with E-state index in [1.54, 1.807) is 18.4 Å². The summed E-state index contributed by atoms with van der Waals surface area (Å²) in [5.41, 5.74) is 1.61. The van der Waals surface area contributed by atoms with E-state index in [1.807, 2.05) is 26.0 Å². The van der Waals surface area contributed by atoms with Gasteiger partial charge in [-0.25, -0.2) is 0 Å². The second-order valence-corrected chi connectivity index (χ2v) is 5.93. The van der Waals surface area contributed by atoms with Gasteiger partial charge in [0.1, 0.15) is 0 Å². The normalized spacial score (nSPS) is 13.7. The fraction of sp³-hybridized carbons (Fsp3) is 0.462. The number of benzene rings is 1. The van der Waals surface area contributed by atoms with E-state index < -0.39 is 10.8 Å². The second-order valence-electron chi connectivity index (χ2n) is 4.13. The van der Waals surface area contributed by atoms with Gasteiger partial charge in [-0.3, -0.25) is 9.00 Å². The Kier molecular flexibility index (Phi) is 5.85. The highest BCUT2D eigenvalue weighted by molar-refractivity contribution is 7.84. The molecule has 5 heteroatoms. The number of anilines is 1. The van der Waals surface area contributed by atoms with Crippen LogP contribution in [0.25, 0.3) is 0 Å². The highest BCUT2D eigenvalue weighted by Crippen LogP contribution is 2.09.